The van der Waals surface area contributed by atoms with Crippen LogP contribution in [0.2, 0.25) is 0 Å². The molecular weight excluding hydrogens is 402 g/mol. The molecule has 154 valence electrons. The van der Waals surface area contributed by atoms with E-state index in [1.807, 2.05) is 42.5 Å². The van der Waals surface area contributed by atoms with E-state index in [-0.39, 0.29) is 17.9 Å². The highest BCUT2D eigenvalue weighted by molar-refractivity contribution is 7.99. The van der Waals surface area contributed by atoms with Crippen molar-refractivity contribution in [1.29, 1.82) is 0 Å². The molecule has 0 atom stereocenters. The van der Waals surface area contributed by atoms with Crippen LogP contribution in [0.15, 0.2) is 69.3 Å². The van der Waals surface area contributed by atoms with Gasteiger partial charge in [-0.05, 0) is 42.5 Å². The van der Waals surface area contributed by atoms with Gasteiger partial charge in [0.15, 0.2) is 0 Å². The summed E-state index contributed by atoms with van der Waals surface area (Å²) in [6.07, 6.45) is 2.00. The van der Waals surface area contributed by atoms with E-state index in [1.54, 1.807) is 24.9 Å². The normalized spacial score (nSPS) is 10.5. The third kappa shape index (κ3) is 5.09. The number of aliphatic carboxylic acids is 1. The van der Waals surface area contributed by atoms with Crippen molar-refractivity contribution in [2.24, 2.45) is 0 Å². The molecule has 7 nitrogen and oxygen atoms in total. The summed E-state index contributed by atoms with van der Waals surface area (Å²) in [5, 5.41) is 12.4. The van der Waals surface area contributed by atoms with Gasteiger partial charge >= 0.3 is 5.97 Å². The number of aromatic nitrogens is 2. The topological polar surface area (TPSA) is 115 Å². The van der Waals surface area contributed by atoms with Crippen molar-refractivity contribution >= 4 is 51.1 Å². The van der Waals surface area contributed by atoms with Crippen LogP contribution < -0.4 is 10.9 Å². The Kier molecular flexibility index (Phi) is 6.58. The second-order valence-electron chi connectivity index (χ2n) is 6.49. The number of aromatic amines is 2. The summed E-state index contributed by atoms with van der Waals surface area (Å²) in [7, 11) is 0. The molecule has 0 saturated carbocycles. The number of nitrogens with one attached hydrogen (secondary N) is 3. The molecule has 0 saturated heterocycles. The van der Waals surface area contributed by atoms with Gasteiger partial charge in [0.2, 0.25) is 5.91 Å². The molecule has 0 spiro atoms. The van der Waals surface area contributed by atoms with Crippen LogP contribution in [-0.4, -0.2) is 27.0 Å². The number of hydrogen-bond acceptors (Lipinski definition) is 4. The molecular formula is C22H21N3O4S. The van der Waals surface area contributed by atoms with Crippen LogP contribution in [0.25, 0.3) is 21.8 Å². The molecule has 2 aromatic heterocycles. The van der Waals surface area contributed by atoms with Crippen molar-refractivity contribution in [1.82, 2.24) is 9.97 Å². The highest BCUT2D eigenvalue weighted by atomic mass is 32.2. The van der Waals surface area contributed by atoms with Gasteiger partial charge in [-0.3, -0.25) is 14.4 Å². The Morgan fingerprint density at radius 1 is 1.07 bits per heavy atom. The molecule has 30 heavy (non-hydrogen) atoms. The van der Waals surface area contributed by atoms with E-state index in [2.05, 4.69) is 21.4 Å². The molecule has 4 N–H and O–H groups in total. The van der Waals surface area contributed by atoms with Gasteiger partial charge in [0.1, 0.15) is 5.52 Å². The predicted octanol–water partition coefficient (Wildman–Crippen LogP) is 4.60. The Labute approximate surface area is 176 Å². The maximum Gasteiger partial charge on any atom is 0.303 e. The number of carboxylic acid groups (broad SMARTS) is 1. The van der Waals surface area contributed by atoms with Gasteiger partial charge in [0, 0.05) is 51.3 Å². The first kappa shape index (κ1) is 21.2. The fraction of sp³-hybridized carbons (Fsp3) is 0.136. The first-order valence-corrected chi connectivity index (χ1v) is 10.1. The van der Waals surface area contributed by atoms with Crippen LogP contribution in [0.4, 0.5) is 5.69 Å². The molecule has 0 aliphatic heterocycles. The second-order valence-corrected chi connectivity index (χ2v) is 7.63. The Morgan fingerprint density at radius 3 is 2.50 bits per heavy atom. The number of anilines is 1. The molecule has 0 unspecified atom stereocenters. The van der Waals surface area contributed by atoms with Gasteiger partial charge in [-0.1, -0.05) is 24.8 Å². The maximum absolute atomic E-state index is 12.0. The lowest BCUT2D eigenvalue weighted by Crippen LogP contribution is -2.05. The van der Waals surface area contributed by atoms with Crippen molar-refractivity contribution in [3.8, 4) is 0 Å². The minimum Gasteiger partial charge on any atom is -0.481 e. The molecule has 0 fully saturated rings. The number of carbonyl (C=O) groups excluding carboxylic acids is 1. The van der Waals surface area contributed by atoms with Crippen LogP contribution in [-0.2, 0) is 9.59 Å². The van der Waals surface area contributed by atoms with E-state index in [0.29, 0.717) is 5.52 Å². The smallest absolute Gasteiger partial charge is 0.303 e. The van der Waals surface area contributed by atoms with Crippen LogP contribution >= 0.6 is 11.8 Å². The summed E-state index contributed by atoms with van der Waals surface area (Å²) in [5.41, 5.74) is 2.06. The predicted molar refractivity (Wildman–Crippen MR) is 119 cm³/mol. The number of fused-ring (bicyclic) bond motifs is 3. The zero-order chi connectivity index (χ0) is 21.7. The molecule has 0 radical (unpaired) electrons. The number of carbonyl (C=O) groups is 2. The van der Waals surface area contributed by atoms with Crippen LogP contribution in [0.5, 0.6) is 0 Å². The number of carboxylic acids is 1. The third-order valence-corrected chi connectivity index (χ3v) is 5.18. The monoisotopic (exact) mass is 423 g/mol. The highest BCUT2D eigenvalue weighted by Crippen LogP contribution is 2.32. The van der Waals surface area contributed by atoms with Gasteiger partial charge in [0.25, 0.3) is 5.56 Å². The number of hydrogen-bond donors (Lipinski definition) is 4. The Bertz CT molecular complexity index is 1280. The number of rotatable bonds is 4. The summed E-state index contributed by atoms with van der Waals surface area (Å²) >= 11 is 1.61. The lowest BCUT2D eigenvalue weighted by atomic mass is 10.1. The lowest BCUT2D eigenvalue weighted by molar-refractivity contribution is -0.136. The minimum atomic E-state index is -0.745. The summed E-state index contributed by atoms with van der Waals surface area (Å²) in [6, 6.07) is 15.6. The molecule has 0 bridgehead atoms. The van der Waals surface area contributed by atoms with E-state index in [0.717, 1.165) is 31.8 Å². The number of pyridine rings is 1. The van der Waals surface area contributed by atoms with Gasteiger partial charge in [-0.15, -0.1) is 0 Å². The first-order valence-electron chi connectivity index (χ1n) is 9.27. The summed E-state index contributed by atoms with van der Waals surface area (Å²) < 4.78 is 0. The van der Waals surface area contributed by atoms with Crippen molar-refractivity contribution < 1.29 is 14.7 Å². The quantitative estimate of drug-likeness (QED) is 0.383. The summed E-state index contributed by atoms with van der Waals surface area (Å²) in [5.74, 6) is -0.836. The number of amides is 1. The lowest BCUT2D eigenvalue weighted by Gasteiger charge is -2.07. The Morgan fingerprint density at radius 2 is 1.80 bits per heavy atom. The molecule has 8 heteroatoms. The molecule has 2 aromatic carbocycles. The standard InChI is InChI=1S/C19H15N3O2S.C3H6O2/c1-11(23)21-12-3-2-4-13(9-12)25-14-5-6-17-16(10-14)15-7-8-20-18(15)19(24)22-17;1-2-3(4)5/h2-10,20H,1H3,(H,21,23)(H,22,24);2H2,1H3,(H,4,5). The second kappa shape index (κ2) is 9.32. The van der Waals surface area contributed by atoms with Crippen molar-refractivity contribution in [2.75, 3.05) is 5.32 Å². The number of benzene rings is 2. The van der Waals surface area contributed by atoms with E-state index in [4.69, 9.17) is 5.11 Å². The molecule has 1 amide bonds. The molecule has 2 heterocycles. The SMILES string of the molecule is CC(=O)Nc1cccc(Sc2ccc3[nH]c(=O)c4[nH]ccc4c3c2)c1.CCC(=O)O. The number of H-pyrrole nitrogens is 2. The fourth-order valence-corrected chi connectivity index (χ4v) is 3.78. The fourth-order valence-electron chi connectivity index (χ4n) is 2.86. The maximum atomic E-state index is 12.0. The van der Waals surface area contributed by atoms with E-state index in [1.165, 1.54) is 6.92 Å². The largest absolute Gasteiger partial charge is 0.481 e. The zero-order valence-electron chi connectivity index (χ0n) is 16.5. The van der Waals surface area contributed by atoms with E-state index >= 15 is 0 Å². The highest BCUT2D eigenvalue weighted by Gasteiger charge is 2.08. The van der Waals surface area contributed by atoms with Gasteiger partial charge in [0.05, 0.1) is 0 Å². The van der Waals surface area contributed by atoms with Crippen molar-refractivity contribution in [3.05, 3.63) is 65.1 Å². The summed E-state index contributed by atoms with van der Waals surface area (Å²) in [6.45, 7) is 3.09. The molecule has 4 rings (SSSR count). The Hall–Kier alpha value is -3.52. The Balaban J connectivity index is 0.000000461. The first-order chi connectivity index (χ1) is 14.4. The van der Waals surface area contributed by atoms with Crippen molar-refractivity contribution in [3.63, 3.8) is 0 Å². The summed E-state index contributed by atoms with van der Waals surface area (Å²) in [4.78, 5) is 40.6. The molecule has 0 aliphatic carbocycles. The minimum absolute atomic E-state index is 0.0911. The average Bonchev–Trinajstić information content (AvgIpc) is 3.20. The van der Waals surface area contributed by atoms with Crippen LogP contribution in [0, 0.1) is 0 Å². The van der Waals surface area contributed by atoms with Crippen LogP contribution in [0.1, 0.15) is 20.3 Å². The van der Waals surface area contributed by atoms with Gasteiger partial charge < -0.3 is 20.4 Å². The zero-order valence-corrected chi connectivity index (χ0v) is 17.3. The molecule has 0 aliphatic rings. The average molecular weight is 423 g/mol. The van der Waals surface area contributed by atoms with Crippen LogP contribution in [0.3, 0.4) is 0 Å². The third-order valence-electron chi connectivity index (χ3n) is 4.20. The van der Waals surface area contributed by atoms with Crippen molar-refractivity contribution in [2.45, 2.75) is 30.1 Å². The van der Waals surface area contributed by atoms with E-state index in [9.17, 15) is 14.4 Å². The molecule has 4 aromatic rings. The van der Waals surface area contributed by atoms with Gasteiger partial charge in [-0.2, -0.15) is 0 Å². The van der Waals surface area contributed by atoms with E-state index < -0.39 is 5.97 Å². The van der Waals surface area contributed by atoms with Gasteiger partial charge in [-0.25, -0.2) is 0 Å².